The molecule has 1 aliphatic carbocycles. The monoisotopic (exact) mass is 398 g/mol. The fourth-order valence-electron chi connectivity index (χ4n) is 3.93. The van der Waals surface area contributed by atoms with Crippen LogP contribution >= 0.6 is 0 Å². The molecule has 4 rings (SSSR count). The van der Waals surface area contributed by atoms with Crippen molar-refractivity contribution in [2.24, 2.45) is 11.8 Å². The van der Waals surface area contributed by atoms with Crippen LogP contribution in [0, 0.1) is 11.8 Å². The summed E-state index contributed by atoms with van der Waals surface area (Å²) in [6, 6.07) is 18.7. The SMILES string of the molecule is O=C(NC(c1ccccc1)C1CC1)C1CCN(S(=O)(=O)c2ccccc2)CC1. The summed E-state index contributed by atoms with van der Waals surface area (Å²) in [5.41, 5.74) is 1.16. The number of hydrogen-bond donors (Lipinski definition) is 1. The molecule has 0 spiro atoms. The average molecular weight is 399 g/mol. The lowest BCUT2D eigenvalue weighted by Crippen LogP contribution is -2.43. The van der Waals surface area contributed by atoms with Crippen LogP contribution in [0.4, 0.5) is 0 Å². The lowest BCUT2D eigenvalue weighted by Gasteiger charge is -2.31. The van der Waals surface area contributed by atoms with Gasteiger partial charge in [0.1, 0.15) is 0 Å². The maximum atomic E-state index is 12.9. The van der Waals surface area contributed by atoms with Gasteiger partial charge in [-0.05, 0) is 49.3 Å². The van der Waals surface area contributed by atoms with Gasteiger partial charge in [0.05, 0.1) is 10.9 Å². The topological polar surface area (TPSA) is 66.5 Å². The van der Waals surface area contributed by atoms with Crippen molar-refractivity contribution >= 4 is 15.9 Å². The van der Waals surface area contributed by atoms with E-state index in [-0.39, 0.29) is 17.9 Å². The highest BCUT2D eigenvalue weighted by atomic mass is 32.2. The Hall–Kier alpha value is -2.18. The highest BCUT2D eigenvalue weighted by molar-refractivity contribution is 7.89. The van der Waals surface area contributed by atoms with Crippen LogP contribution in [0.15, 0.2) is 65.6 Å². The van der Waals surface area contributed by atoms with Gasteiger partial charge in [-0.15, -0.1) is 0 Å². The third-order valence-electron chi connectivity index (χ3n) is 5.76. The molecule has 2 aliphatic rings. The molecule has 0 aromatic heterocycles. The number of carbonyl (C=O) groups is 1. The third-order valence-corrected chi connectivity index (χ3v) is 7.67. The summed E-state index contributed by atoms with van der Waals surface area (Å²) in [7, 11) is -3.48. The maximum absolute atomic E-state index is 12.9. The zero-order valence-corrected chi connectivity index (χ0v) is 16.6. The van der Waals surface area contributed by atoms with Crippen molar-refractivity contribution in [1.29, 1.82) is 0 Å². The molecule has 5 nitrogen and oxygen atoms in total. The van der Waals surface area contributed by atoms with E-state index in [4.69, 9.17) is 0 Å². The maximum Gasteiger partial charge on any atom is 0.243 e. The Bertz CT molecular complexity index is 903. The van der Waals surface area contributed by atoms with Gasteiger partial charge < -0.3 is 5.32 Å². The molecule has 1 atom stereocenters. The van der Waals surface area contributed by atoms with Crippen molar-refractivity contribution in [1.82, 2.24) is 9.62 Å². The van der Waals surface area contributed by atoms with E-state index < -0.39 is 10.0 Å². The van der Waals surface area contributed by atoms with Crippen LogP contribution in [0.3, 0.4) is 0 Å². The van der Waals surface area contributed by atoms with E-state index in [1.807, 2.05) is 18.2 Å². The zero-order chi connectivity index (χ0) is 19.6. The summed E-state index contributed by atoms with van der Waals surface area (Å²) in [5, 5.41) is 3.24. The Morgan fingerprint density at radius 1 is 0.893 bits per heavy atom. The number of nitrogens with zero attached hydrogens (tertiary/aromatic N) is 1. The minimum atomic E-state index is -3.48. The first kappa shape index (κ1) is 19.2. The summed E-state index contributed by atoms with van der Waals surface area (Å²) in [4.78, 5) is 13.2. The Labute approximate surface area is 166 Å². The molecule has 1 N–H and O–H groups in total. The number of carbonyl (C=O) groups excluding carboxylic acids is 1. The van der Waals surface area contributed by atoms with Gasteiger partial charge in [0.2, 0.25) is 15.9 Å². The highest BCUT2D eigenvalue weighted by Gasteiger charge is 2.36. The average Bonchev–Trinajstić information content (AvgIpc) is 3.58. The Kier molecular flexibility index (Phi) is 5.51. The summed E-state index contributed by atoms with van der Waals surface area (Å²) >= 11 is 0. The molecule has 1 aliphatic heterocycles. The Balaban J connectivity index is 1.38. The first-order valence-electron chi connectivity index (χ1n) is 9.96. The van der Waals surface area contributed by atoms with E-state index in [1.165, 1.54) is 4.31 Å². The van der Waals surface area contributed by atoms with E-state index >= 15 is 0 Å². The fraction of sp³-hybridized carbons (Fsp3) is 0.409. The lowest BCUT2D eigenvalue weighted by molar-refractivity contribution is -0.127. The molecule has 2 fully saturated rings. The van der Waals surface area contributed by atoms with Gasteiger partial charge in [-0.3, -0.25) is 4.79 Å². The molecule has 0 radical (unpaired) electrons. The molecule has 2 aromatic rings. The van der Waals surface area contributed by atoms with Crippen LogP contribution in [0.2, 0.25) is 0 Å². The summed E-state index contributed by atoms with van der Waals surface area (Å²) < 4.78 is 27.0. The molecule has 1 amide bonds. The Morgan fingerprint density at radius 2 is 1.46 bits per heavy atom. The van der Waals surface area contributed by atoms with Crippen molar-refractivity contribution < 1.29 is 13.2 Å². The molecule has 1 heterocycles. The van der Waals surface area contributed by atoms with Gasteiger partial charge in [-0.1, -0.05) is 48.5 Å². The van der Waals surface area contributed by atoms with E-state index in [0.29, 0.717) is 36.7 Å². The van der Waals surface area contributed by atoms with Crippen LogP contribution in [-0.2, 0) is 14.8 Å². The van der Waals surface area contributed by atoms with E-state index in [2.05, 4.69) is 17.4 Å². The van der Waals surface area contributed by atoms with Gasteiger partial charge >= 0.3 is 0 Å². The van der Waals surface area contributed by atoms with Crippen LogP contribution in [0.1, 0.15) is 37.3 Å². The second-order valence-corrected chi connectivity index (χ2v) is 9.66. The predicted molar refractivity (Wildman–Crippen MR) is 108 cm³/mol. The van der Waals surface area contributed by atoms with Gasteiger partial charge in [0.25, 0.3) is 0 Å². The van der Waals surface area contributed by atoms with E-state index in [0.717, 1.165) is 18.4 Å². The minimum Gasteiger partial charge on any atom is -0.349 e. The number of rotatable bonds is 6. The number of benzene rings is 2. The standard InChI is InChI=1S/C22H26N2O3S/c25-22(23-21(18-11-12-18)17-7-3-1-4-8-17)19-13-15-24(16-14-19)28(26,27)20-9-5-2-6-10-20/h1-10,18-19,21H,11-16H2,(H,23,25). The van der Waals surface area contributed by atoms with Gasteiger partial charge in [0, 0.05) is 19.0 Å². The Morgan fingerprint density at radius 3 is 2.04 bits per heavy atom. The van der Waals surface area contributed by atoms with Crippen molar-refractivity contribution in [3.05, 3.63) is 66.2 Å². The predicted octanol–water partition coefficient (Wildman–Crippen LogP) is 3.35. The normalized spacial score (nSPS) is 19.9. The fourth-order valence-corrected chi connectivity index (χ4v) is 5.43. The molecule has 28 heavy (non-hydrogen) atoms. The minimum absolute atomic E-state index is 0.0533. The van der Waals surface area contributed by atoms with Crippen LogP contribution in [0.25, 0.3) is 0 Å². The first-order chi connectivity index (χ1) is 13.6. The lowest BCUT2D eigenvalue weighted by atomic mass is 9.95. The number of piperidine rings is 1. The van der Waals surface area contributed by atoms with Gasteiger partial charge in [-0.2, -0.15) is 4.31 Å². The smallest absolute Gasteiger partial charge is 0.243 e. The second-order valence-electron chi connectivity index (χ2n) is 7.73. The molecular weight excluding hydrogens is 372 g/mol. The van der Waals surface area contributed by atoms with Crippen LogP contribution in [-0.4, -0.2) is 31.7 Å². The number of nitrogens with one attached hydrogen (secondary N) is 1. The second kappa shape index (κ2) is 8.05. The van der Waals surface area contributed by atoms with Gasteiger partial charge in [0.15, 0.2) is 0 Å². The third kappa shape index (κ3) is 4.13. The van der Waals surface area contributed by atoms with Crippen molar-refractivity contribution in [3.8, 4) is 0 Å². The van der Waals surface area contributed by atoms with Crippen LogP contribution < -0.4 is 5.32 Å². The molecule has 1 unspecified atom stereocenters. The highest BCUT2D eigenvalue weighted by Crippen LogP contribution is 2.41. The number of amides is 1. The van der Waals surface area contributed by atoms with E-state index in [1.54, 1.807) is 30.3 Å². The van der Waals surface area contributed by atoms with Crippen molar-refractivity contribution in [2.75, 3.05) is 13.1 Å². The molecule has 6 heteroatoms. The molecule has 148 valence electrons. The molecule has 1 saturated carbocycles. The van der Waals surface area contributed by atoms with Gasteiger partial charge in [-0.25, -0.2) is 8.42 Å². The van der Waals surface area contributed by atoms with Crippen molar-refractivity contribution in [2.45, 2.75) is 36.6 Å². The van der Waals surface area contributed by atoms with E-state index in [9.17, 15) is 13.2 Å². The van der Waals surface area contributed by atoms with Crippen LogP contribution in [0.5, 0.6) is 0 Å². The summed E-state index contributed by atoms with van der Waals surface area (Å²) in [6.07, 6.45) is 3.41. The quantitative estimate of drug-likeness (QED) is 0.811. The zero-order valence-electron chi connectivity index (χ0n) is 15.8. The number of hydrogen-bond acceptors (Lipinski definition) is 3. The largest absolute Gasteiger partial charge is 0.349 e. The molecule has 1 saturated heterocycles. The number of sulfonamides is 1. The molecular formula is C22H26N2O3S. The van der Waals surface area contributed by atoms with Crippen molar-refractivity contribution in [3.63, 3.8) is 0 Å². The molecule has 0 bridgehead atoms. The summed E-state index contributed by atoms with van der Waals surface area (Å²) in [6.45, 7) is 0.767. The summed E-state index contributed by atoms with van der Waals surface area (Å²) in [5.74, 6) is 0.439. The molecule has 2 aromatic carbocycles. The first-order valence-corrected chi connectivity index (χ1v) is 11.4.